The van der Waals surface area contributed by atoms with Crippen LogP contribution in [0.4, 0.5) is 13.2 Å². The first-order chi connectivity index (χ1) is 8.74. The predicted octanol–water partition coefficient (Wildman–Crippen LogP) is 3.36. The van der Waals surface area contributed by atoms with E-state index in [1.165, 1.54) is 6.08 Å². The third kappa shape index (κ3) is 4.44. The molecule has 1 aromatic heterocycles. The van der Waals surface area contributed by atoms with Crippen LogP contribution in [-0.4, -0.2) is 10.9 Å². The van der Waals surface area contributed by atoms with E-state index in [0.29, 0.717) is 24.4 Å². The van der Waals surface area contributed by atoms with Crippen molar-refractivity contribution in [1.29, 1.82) is 5.41 Å². The van der Waals surface area contributed by atoms with Crippen molar-refractivity contribution in [2.75, 3.05) is 0 Å². The van der Waals surface area contributed by atoms with Gasteiger partial charge in [0.05, 0.1) is 5.56 Å². The number of nitrogens with zero attached hydrogens (tertiary/aromatic N) is 1. The summed E-state index contributed by atoms with van der Waals surface area (Å²) in [5.74, 6) is -0.631. The number of nitrogens with two attached hydrogens (primary N) is 1. The second-order valence-corrected chi connectivity index (χ2v) is 3.96. The van der Waals surface area contributed by atoms with Crippen LogP contribution in [0.1, 0.15) is 18.9 Å². The lowest BCUT2D eigenvalue weighted by atomic mass is 10.3. The second-order valence-electron chi connectivity index (χ2n) is 3.55. The zero-order valence-electron chi connectivity index (χ0n) is 9.88. The molecule has 0 saturated carbocycles. The number of nitrogens with one attached hydrogen (secondary N) is 1. The highest BCUT2D eigenvalue weighted by Crippen LogP contribution is 2.33. The number of halogens is 4. The molecule has 8 heteroatoms. The summed E-state index contributed by atoms with van der Waals surface area (Å²) in [6, 6.07) is 0.685. The molecule has 3 N–H and O–H groups in total. The average Bonchev–Trinajstić information content (AvgIpc) is 2.30. The van der Waals surface area contributed by atoms with Crippen molar-refractivity contribution in [3.8, 4) is 5.88 Å². The first kappa shape index (κ1) is 15.3. The minimum absolute atomic E-state index is 0.278. The van der Waals surface area contributed by atoms with Gasteiger partial charge in [-0.1, -0.05) is 18.5 Å². The van der Waals surface area contributed by atoms with Gasteiger partial charge in [0.15, 0.2) is 0 Å². The van der Waals surface area contributed by atoms with Gasteiger partial charge in [0.2, 0.25) is 11.8 Å². The maximum atomic E-state index is 12.4. The standard InChI is InChI=1S/C11H11ClF3N3O/c1-2-7(16)4-9(17)19-10-8(12)3-6(5-18-10)11(13,14)15/h3-5,17H,2,16H2,1H3/b7-4-,17-9?. The molecule has 0 fully saturated rings. The summed E-state index contributed by atoms with van der Waals surface area (Å²) in [4.78, 5) is 3.43. The number of hydrogen-bond acceptors (Lipinski definition) is 4. The van der Waals surface area contributed by atoms with E-state index in [9.17, 15) is 13.2 Å². The third-order valence-corrected chi connectivity index (χ3v) is 2.34. The maximum Gasteiger partial charge on any atom is 0.417 e. The van der Waals surface area contributed by atoms with Gasteiger partial charge in [0.1, 0.15) is 5.02 Å². The molecule has 0 radical (unpaired) electrons. The van der Waals surface area contributed by atoms with Crippen molar-refractivity contribution >= 4 is 17.5 Å². The molecule has 0 bridgehead atoms. The van der Waals surface area contributed by atoms with Crippen LogP contribution in [-0.2, 0) is 6.18 Å². The molecule has 1 rings (SSSR count). The predicted molar refractivity (Wildman–Crippen MR) is 65.2 cm³/mol. The molecule has 0 aliphatic carbocycles. The van der Waals surface area contributed by atoms with Crippen molar-refractivity contribution in [2.24, 2.45) is 5.73 Å². The molecule has 0 saturated heterocycles. The molecular formula is C11H11ClF3N3O. The summed E-state index contributed by atoms with van der Waals surface area (Å²) in [6.07, 6.45) is -2.20. The summed E-state index contributed by atoms with van der Waals surface area (Å²) >= 11 is 5.61. The van der Waals surface area contributed by atoms with Crippen LogP contribution in [0.2, 0.25) is 5.02 Å². The Labute approximate surface area is 112 Å². The Bertz CT molecular complexity index is 514. The number of alkyl halides is 3. The van der Waals surface area contributed by atoms with Gasteiger partial charge in [-0.2, -0.15) is 13.2 Å². The van der Waals surface area contributed by atoms with Crippen LogP contribution in [0.3, 0.4) is 0 Å². The van der Waals surface area contributed by atoms with Crippen molar-refractivity contribution in [1.82, 2.24) is 4.98 Å². The van der Waals surface area contributed by atoms with Gasteiger partial charge >= 0.3 is 6.18 Å². The molecule has 0 aromatic carbocycles. The van der Waals surface area contributed by atoms with Crippen LogP contribution < -0.4 is 10.5 Å². The Balaban J connectivity index is 2.90. The molecule has 0 amide bonds. The van der Waals surface area contributed by atoms with E-state index >= 15 is 0 Å². The first-order valence-electron chi connectivity index (χ1n) is 5.19. The highest BCUT2D eigenvalue weighted by molar-refractivity contribution is 6.32. The highest BCUT2D eigenvalue weighted by atomic mass is 35.5. The van der Waals surface area contributed by atoms with E-state index in [-0.39, 0.29) is 16.8 Å². The fourth-order valence-electron chi connectivity index (χ4n) is 1.06. The first-order valence-corrected chi connectivity index (χ1v) is 5.57. The van der Waals surface area contributed by atoms with Crippen LogP contribution in [0.25, 0.3) is 0 Å². The highest BCUT2D eigenvalue weighted by Gasteiger charge is 2.31. The molecule has 4 nitrogen and oxygen atoms in total. The SMILES string of the molecule is CC/C(N)=C/C(=N)Oc1ncc(C(F)(F)F)cc1Cl. The van der Waals surface area contributed by atoms with Crippen LogP contribution in [0, 0.1) is 5.41 Å². The number of ether oxygens (including phenoxy) is 1. The molecule has 19 heavy (non-hydrogen) atoms. The van der Waals surface area contributed by atoms with Crippen LogP contribution in [0.5, 0.6) is 5.88 Å². The molecular weight excluding hydrogens is 283 g/mol. The maximum absolute atomic E-state index is 12.4. The third-order valence-electron chi connectivity index (χ3n) is 2.07. The number of allylic oxidation sites excluding steroid dienone is 1. The molecule has 1 aromatic rings. The van der Waals surface area contributed by atoms with Crippen molar-refractivity contribution in [3.63, 3.8) is 0 Å². The molecule has 0 aliphatic heterocycles. The molecule has 0 unspecified atom stereocenters. The minimum atomic E-state index is -4.53. The van der Waals surface area contributed by atoms with E-state index in [0.717, 1.165) is 0 Å². The lowest BCUT2D eigenvalue weighted by Gasteiger charge is -2.09. The fraction of sp³-hybridized carbons (Fsp3) is 0.273. The monoisotopic (exact) mass is 293 g/mol. The number of hydrogen-bond donors (Lipinski definition) is 2. The van der Waals surface area contributed by atoms with Crippen LogP contribution >= 0.6 is 11.6 Å². The Morgan fingerprint density at radius 3 is 2.68 bits per heavy atom. The van der Waals surface area contributed by atoms with Gasteiger partial charge in [0.25, 0.3) is 0 Å². The van der Waals surface area contributed by atoms with Crippen LogP contribution in [0.15, 0.2) is 24.0 Å². The summed E-state index contributed by atoms with van der Waals surface area (Å²) in [6.45, 7) is 1.78. The van der Waals surface area contributed by atoms with E-state index < -0.39 is 11.7 Å². The molecule has 0 atom stereocenters. The zero-order chi connectivity index (χ0) is 14.6. The summed E-state index contributed by atoms with van der Waals surface area (Å²) < 4.78 is 42.0. The number of aromatic nitrogens is 1. The quantitative estimate of drug-likeness (QED) is 0.663. The Morgan fingerprint density at radius 2 is 2.21 bits per heavy atom. The number of pyridine rings is 1. The summed E-state index contributed by atoms with van der Waals surface area (Å²) in [5, 5.41) is 7.10. The minimum Gasteiger partial charge on any atom is -0.420 e. The lowest BCUT2D eigenvalue weighted by molar-refractivity contribution is -0.137. The van der Waals surface area contributed by atoms with Gasteiger partial charge in [-0.3, -0.25) is 5.41 Å². The van der Waals surface area contributed by atoms with Gasteiger partial charge < -0.3 is 10.5 Å². The fourth-order valence-corrected chi connectivity index (χ4v) is 1.26. The van der Waals surface area contributed by atoms with Gasteiger partial charge in [-0.15, -0.1) is 0 Å². The van der Waals surface area contributed by atoms with E-state index in [2.05, 4.69) is 4.98 Å². The van der Waals surface area contributed by atoms with E-state index in [1.54, 1.807) is 6.92 Å². The normalized spacial score (nSPS) is 12.4. The van der Waals surface area contributed by atoms with Crippen molar-refractivity contribution < 1.29 is 17.9 Å². The molecule has 0 spiro atoms. The van der Waals surface area contributed by atoms with Gasteiger partial charge in [-0.05, 0) is 12.5 Å². The molecule has 104 valence electrons. The largest absolute Gasteiger partial charge is 0.420 e. The molecule has 1 heterocycles. The second kappa shape index (κ2) is 5.92. The van der Waals surface area contributed by atoms with Gasteiger partial charge in [0, 0.05) is 18.0 Å². The van der Waals surface area contributed by atoms with Crippen molar-refractivity contribution in [3.05, 3.63) is 34.6 Å². The zero-order valence-corrected chi connectivity index (χ0v) is 10.6. The number of rotatable bonds is 3. The topological polar surface area (TPSA) is 72.0 Å². The smallest absolute Gasteiger partial charge is 0.417 e. The Morgan fingerprint density at radius 1 is 1.58 bits per heavy atom. The van der Waals surface area contributed by atoms with Crippen molar-refractivity contribution in [2.45, 2.75) is 19.5 Å². The Kier molecular flexibility index (Phi) is 4.77. The summed E-state index contributed by atoms with van der Waals surface area (Å²) in [7, 11) is 0. The molecule has 0 aliphatic rings. The Hall–Kier alpha value is -1.76. The summed E-state index contributed by atoms with van der Waals surface area (Å²) in [5.41, 5.74) is 4.90. The lowest BCUT2D eigenvalue weighted by Crippen LogP contribution is -2.10. The van der Waals surface area contributed by atoms with E-state index in [4.69, 9.17) is 27.5 Å². The van der Waals surface area contributed by atoms with Gasteiger partial charge in [-0.25, -0.2) is 4.98 Å². The van der Waals surface area contributed by atoms with E-state index in [1.807, 2.05) is 0 Å². The average molecular weight is 294 g/mol.